The second-order valence-corrected chi connectivity index (χ2v) is 21.4. The van der Waals surface area contributed by atoms with Gasteiger partial charge in [0.15, 0.2) is 0 Å². The Hall–Kier alpha value is -5.09. The highest BCUT2D eigenvalue weighted by atomic mass is 79.9. The van der Waals surface area contributed by atoms with E-state index in [0.717, 1.165) is 83.6 Å². The molecule has 2 amide bonds. The maximum absolute atomic E-state index is 15.0. The van der Waals surface area contributed by atoms with E-state index in [4.69, 9.17) is 9.72 Å². The largest absolute Gasteiger partial charge is 0.494 e. The van der Waals surface area contributed by atoms with Crippen molar-refractivity contribution in [3.8, 4) is 5.75 Å². The quantitative estimate of drug-likeness (QED) is 0.0529. The number of hydrogen-bond donors (Lipinski definition) is 3. The number of aromatic nitrogens is 4. The maximum atomic E-state index is 15.0. The van der Waals surface area contributed by atoms with Crippen molar-refractivity contribution in [2.45, 2.75) is 70.3 Å². The minimum atomic E-state index is -2.78. The number of hydrogen-bond acceptors (Lipinski definition) is 13. The Morgan fingerprint density at radius 1 is 0.908 bits per heavy atom. The fourth-order valence-corrected chi connectivity index (χ4v) is 11.1. The lowest BCUT2D eigenvalue weighted by atomic mass is 9.88. The van der Waals surface area contributed by atoms with Gasteiger partial charge in [-0.15, -0.1) is 0 Å². The van der Waals surface area contributed by atoms with Gasteiger partial charge >= 0.3 is 0 Å². The Kier molecular flexibility index (Phi) is 14.4. The summed E-state index contributed by atoms with van der Waals surface area (Å²) < 4.78 is 50.1. The Labute approximate surface area is 386 Å². The molecule has 18 heteroatoms. The molecule has 3 aromatic carbocycles. The van der Waals surface area contributed by atoms with E-state index in [2.05, 4.69) is 80.6 Å². The number of piperidine rings is 2. The summed E-state index contributed by atoms with van der Waals surface area (Å²) >= 11 is 3.59. The third kappa shape index (κ3) is 10.6. The predicted molar refractivity (Wildman–Crippen MR) is 255 cm³/mol. The molecule has 3 N–H and O–H groups in total. The van der Waals surface area contributed by atoms with Crippen LogP contribution < -0.4 is 30.9 Å². The van der Waals surface area contributed by atoms with Crippen molar-refractivity contribution in [1.82, 2.24) is 35.1 Å². The number of piperazine rings is 1. The zero-order valence-electron chi connectivity index (χ0n) is 37.3. The van der Waals surface area contributed by atoms with Gasteiger partial charge in [-0.3, -0.25) is 29.8 Å². The van der Waals surface area contributed by atoms with Crippen LogP contribution in [-0.2, 0) is 27.0 Å². The fraction of sp³-hybridized carbons (Fsp3) is 0.447. The van der Waals surface area contributed by atoms with E-state index in [1.807, 2.05) is 12.1 Å². The van der Waals surface area contributed by atoms with E-state index < -0.39 is 36.5 Å². The summed E-state index contributed by atoms with van der Waals surface area (Å²) in [7, 11) is -1.11. The molecular formula is C47H56BrF2N10O4P. The Bertz CT molecular complexity index is 2600. The normalized spacial score (nSPS) is 18.0. The number of ether oxygens (including phenoxy) is 1. The predicted octanol–water partition coefficient (Wildman–Crippen LogP) is 7.90. The summed E-state index contributed by atoms with van der Waals surface area (Å²) in [6.45, 7) is 12.5. The van der Waals surface area contributed by atoms with Crippen LogP contribution in [0.4, 0.5) is 37.6 Å². The first-order chi connectivity index (χ1) is 31.3. The number of aryl methyl sites for hydroxylation is 2. The van der Waals surface area contributed by atoms with Gasteiger partial charge in [0, 0.05) is 87.6 Å². The number of benzene rings is 3. The zero-order chi connectivity index (χ0) is 45.8. The standard InChI is InChI=1S/C47H56BrF2N10O4P/c1-5-30-26-38(55-47-53-28-33(48)45(57-47)54-37-11-10-36-43(52-16-15-51-36)44(37)65(3,4)63)40(64-2)27-39(30)60-18-13-31(14-19-60)59-22-20-58(21-23-59)17-7-6-8-29-24-34(49)42(35(50)25-29)32-9-12-41(61)56-46(32)62/h10-11,15-16,24-28,31-32H,5-9,12-14,17-23H2,1-4H3,(H,56,61,62)(H2,53,54,55,57). The van der Waals surface area contributed by atoms with Gasteiger partial charge < -0.3 is 29.7 Å². The van der Waals surface area contributed by atoms with Gasteiger partial charge in [-0.25, -0.2) is 13.8 Å². The van der Waals surface area contributed by atoms with Crippen molar-refractivity contribution in [3.63, 3.8) is 0 Å². The van der Waals surface area contributed by atoms with E-state index in [-0.39, 0.29) is 18.4 Å². The number of nitrogens with one attached hydrogen (secondary N) is 3. The van der Waals surface area contributed by atoms with E-state index in [0.29, 0.717) is 62.0 Å². The molecule has 1 atom stereocenters. The summed E-state index contributed by atoms with van der Waals surface area (Å²) in [4.78, 5) is 49.6. The number of carbonyl (C=O) groups excluding carboxylic acids is 2. The van der Waals surface area contributed by atoms with Gasteiger partial charge in [-0.05, 0) is 122 Å². The van der Waals surface area contributed by atoms with Gasteiger partial charge in [0.1, 0.15) is 35.9 Å². The van der Waals surface area contributed by atoms with Crippen molar-refractivity contribution < 1.29 is 27.7 Å². The highest BCUT2D eigenvalue weighted by Gasteiger charge is 2.33. The zero-order valence-corrected chi connectivity index (χ0v) is 39.8. The maximum Gasteiger partial charge on any atom is 0.234 e. The number of amides is 2. The first kappa shape index (κ1) is 46.4. The molecule has 0 bridgehead atoms. The van der Waals surface area contributed by atoms with E-state index in [9.17, 15) is 22.9 Å². The van der Waals surface area contributed by atoms with Crippen LogP contribution in [0.2, 0.25) is 0 Å². The molecule has 0 aliphatic carbocycles. The molecule has 0 saturated carbocycles. The van der Waals surface area contributed by atoms with Gasteiger partial charge in [0.25, 0.3) is 0 Å². The van der Waals surface area contributed by atoms with Gasteiger partial charge in [0.2, 0.25) is 17.8 Å². The molecule has 1 unspecified atom stereocenters. The van der Waals surface area contributed by atoms with Gasteiger partial charge in [-0.2, -0.15) is 4.98 Å². The number of carbonyl (C=O) groups is 2. The second kappa shape index (κ2) is 20.2. The first-order valence-electron chi connectivity index (χ1n) is 22.4. The average molecular weight is 974 g/mol. The average Bonchev–Trinajstić information content (AvgIpc) is 3.29. The first-order valence-corrected chi connectivity index (χ1v) is 25.8. The number of halogens is 3. The molecule has 65 heavy (non-hydrogen) atoms. The molecule has 5 heterocycles. The molecule has 0 radical (unpaired) electrons. The number of rotatable bonds is 15. The molecule has 14 nitrogen and oxygen atoms in total. The molecule has 2 aromatic heterocycles. The molecule has 3 saturated heterocycles. The lowest BCUT2D eigenvalue weighted by molar-refractivity contribution is -0.134. The molecule has 344 valence electrons. The van der Waals surface area contributed by atoms with E-state index >= 15 is 0 Å². The molecule has 3 aliphatic rings. The summed E-state index contributed by atoms with van der Waals surface area (Å²) in [5.41, 5.74) is 5.35. The Balaban J connectivity index is 0.829. The SMILES string of the molecule is CCc1cc(Nc2ncc(Br)c(Nc3ccc4nccnc4c3P(C)(C)=O)n2)c(OC)cc1N1CCC(N2CCN(CCCCc3cc(F)c(C4CCC(=O)NC4=O)c(F)c3)CC2)CC1. The van der Waals surface area contributed by atoms with Gasteiger partial charge in [-0.1, -0.05) is 6.92 Å². The minimum Gasteiger partial charge on any atom is -0.494 e. The van der Waals surface area contributed by atoms with Crippen molar-refractivity contribution in [2.75, 3.05) is 81.8 Å². The van der Waals surface area contributed by atoms with Crippen LogP contribution in [0.3, 0.4) is 0 Å². The molecule has 8 rings (SSSR count). The highest BCUT2D eigenvalue weighted by Crippen LogP contribution is 2.42. The van der Waals surface area contributed by atoms with E-state index in [1.165, 1.54) is 23.4 Å². The molecule has 3 fully saturated rings. The number of fused-ring (bicyclic) bond motifs is 1. The van der Waals surface area contributed by atoms with Crippen LogP contribution in [0.1, 0.15) is 68.1 Å². The van der Waals surface area contributed by atoms with Crippen LogP contribution in [0, 0.1) is 11.6 Å². The van der Waals surface area contributed by atoms with Crippen molar-refractivity contribution >= 4 is 80.1 Å². The van der Waals surface area contributed by atoms with Crippen LogP contribution in [0.25, 0.3) is 11.0 Å². The number of methoxy groups -OCH3 is 1. The lowest BCUT2D eigenvalue weighted by Crippen LogP contribution is -2.53. The van der Waals surface area contributed by atoms with Crippen LogP contribution in [-0.4, -0.2) is 114 Å². The summed E-state index contributed by atoms with van der Waals surface area (Å²) in [6, 6.07) is 11.1. The Morgan fingerprint density at radius 3 is 2.34 bits per heavy atom. The molecule has 5 aromatic rings. The Morgan fingerprint density at radius 2 is 1.65 bits per heavy atom. The van der Waals surface area contributed by atoms with E-state index in [1.54, 1.807) is 39.0 Å². The number of anilines is 5. The third-order valence-corrected chi connectivity index (χ3v) is 14.9. The number of imide groups is 1. The smallest absolute Gasteiger partial charge is 0.234 e. The highest BCUT2D eigenvalue weighted by molar-refractivity contribution is 9.10. The van der Waals surface area contributed by atoms with Crippen LogP contribution in [0.5, 0.6) is 5.75 Å². The van der Waals surface area contributed by atoms with Crippen LogP contribution >= 0.6 is 23.1 Å². The van der Waals surface area contributed by atoms with Crippen LogP contribution in [0.15, 0.2) is 59.5 Å². The van der Waals surface area contributed by atoms with Gasteiger partial charge in [0.05, 0.1) is 39.7 Å². The monoisotopic (exact) mass is 972 g/mol. The lowest BCUT2D eigenvalue weighted by Gasteiger charge is -2.43. The molecule has 0 spiro atoms. The van der Waals surface area contributed by atoms with Crippen molar-refractivity contribution in [3.05, 3.63) is 87.8 Å². The van der Waals surface area contributed by atoms with Crippen molar-refractivity contribution in [1.29, 1.82) is 0 Å². The summed E-state index contributed by atoms with van der Waals surface area (Å²) in [5.74, 6) is -1.92. The fourth-order valence-electron chi connectivity index (χ4n) is 9.46. The topological polar surface area (TPSA) is 158 Å². The summed E-state index contributed by atoms with van der Waals surface area (Å²) in [5, 5.41) is 9.56. The minimum absolute atomic E-state index is 0.0710. The molecule has 3 aliphatic heterocycles. The summed E-state index contributed by atoms with van der Waals surface area (Å²) in [6.07, 6.45) is 10.3. The third-order valence-electron chi connectivity index (χ3n) is 12.8. The number of unbranched alkanes of at least 4 members (excludes halogenated alkanes) is 1. The van der Waals surface area contributed by atoms with Crippen molar-refractivity contribution in [2.24, 2.45) is 0 Å². The number of nitrogens with zero attached hydrogens (tertiary/aromatic N) is 7. The second-order valence-electron chi connectivity index (χ2n) is 17.4. The molecular weight excluding hydrogens is 917 g/mol.